The molecule has 1 aliphatic heterocycles. The number of ether oxygens (including phenoxy) is 1. The fourth-order valence-corrected chi connectivity index (χ4v) is 2.52. The first kappa shape index (κ1) is 12.8. The van der Waals surface area contributed by atoms with Crippen LogP contribution in [-0.4, -0.2) is 46.7 Å². The molecule has 1 aromatic carbocycles. The molecule has 5 nitrogen and oxygen atoms in total. The lowest BCUT2D eigenvalue weighted by Crippen LogP contribution is -2.28. The van der Waals surface area contributed by atoms with Gasteiger partial charge in [0.15, 0.2) is 0 Å². The fourth-order valence-electron chi connectivity index (χ4n) is 1.66. The topological polar surface area (TPSA) is 66.8 Å². The molecule has 1 fully saturated rings. The third kappa shape index (κ3) is 2.95. The lowest BCUT2D eigenvalue weighted by atomic mass is 10.2. The monoisotopic (exact) mass is 267 g/mol. The average molecular weight is 267 g/mol. The number of para-hydroxylation sites is 1. The molecule has 0 unspecified atom stereocenters. The Balaban J connectivity index is 1.90. The molecule has 0 bridgehead atoms. The van der Waals surface area contributed by atoms with Gasteiger partial charge in [0.1, 0.15) is 17.9 Å². The molecule has 1 heterocycles. The van der Waals surface area contributed by atoms with Crippen LogP contribution in [0.3, 0.4) is 0 Å². The number of carbonyl (C=O) groups excluding carboxylic acids is 1. The number of carbonyl (C=O) groups is 2. The smallest absolute Gasteiger partial charge is 0.339 e. The highest BCUT2D eigenvalue weighted by atomic mass is 32.2. The number of carboxylic acids is 1. The lowest BCUT2D eigenvalue weighted by Gasteiger charge is -2.15. The molecule has 0 aliphatic carbocycles. The number of carboxylic acid groups (broad SMARTS) is 1. The van der Waals surface area contributed by atoms with Crippen LogP contribution in [-0.2, 0) is 0 Å². The Morgan fingerprint density at radius 1 is 1.44 bits per heavy atom. The number of rotatable bonds is 5. The minimum atomic E-state index is -1.02. The summed E-state index contributed by atoms with van der Waals surface area (Å²) in [5.41, 5.74) is 0.139. The zero-order valence-corrected chi connectivity index (χ0v) is 10.5. The van der Waals surface area contributed by atoms with E-state index in [4.69, 9.17) is 9.84 Å². The van der Waals surface area contributed by atoms with Crippen molar-refractivity contribution in [1.29, 1.82) is 0 Å². The quantitative estimate of drug-likeness (QED) is 0.883. The number of aromatic carboxylic acids is 1. The SMILES string of the molecule is O=C(O)c1ccccc1OCCN1CCSC1=O. The molecule has 1 amide bonds. The molecule has 0 atom stereocenters. The second-order valence-electron chi connectivity index (χ2n) is 3.75. The van der Waals surface area contributed by atoms with Gasteiger partial charge in [-0.15, -0.1) is 0 Å². The summed E-state index contributed by atoms with van der Waals surface area (Å²) >= 11 is 1.30. The van der Waals surface area contributed by atoms with Crippen LogP contribution >= 0.6 is 11.8 Å². The van der Waals surface area contributed by atoms with E-state index in [9.17, 15) is 9.59 Å². The van der Waals surface area contributed by atoms with Crippen molar-refractivity contribution in [1.82, 2.24) is 4.90 Å². The minimum Gasteiger partial charge on any atom is -0.491 e. The maximum absolute atomic E-state index is 11.3. The fraction of sp³-hybridized carbons (Fsp3) is 0.333. The number of nitrogens with zero attached hydrogens (tertiary/aromatic N) is 1. The Kier molecular flexibility index (Phi) is 4.09. The molecule has 1 aliphatic rings. The van der Waals surface area contributed by atoms with Crippen molar-refractivity contribution < 1.29 is 19.4 Å². The van der Waals surface area contributed by atoms with Crippen LogP contribution < -0.4 is 4.74 Å². The van der Waals surface area contributed by atoms with E-state index < -0.39 is 5.97 Å². The molecular formula is C12H13NO4S. The predicted molar refractivity (Wildman–Crippen MR) is 68.3 cm³/mol. The van der Waals surface area contributed by atoms with Crippen LogP contribution in [0.1, 0.15) is 10.4 Å². The number of hydrogen-bond acceptors (Lipinski definition) is 4. The van der Waals surface area contributed by atoms with Crippen LogP contribution in [0.5, 0.6) is 5.75 Å². The van der Waals surface area contributed by atoms with E-state index >= 15 is 0 Å². The third-order valence-corrected chi connectivity index (χ3v) is 3.47. The second-order valence-corrected chi connectivity index (χ2v) is 4.80. The Hall–Kier alpha value is -1.69. The maximum Gasteiger partial charge on any atom is 0.339 e. The summed E-state index contributed by atoms with van der Waals surface area (Å²) in [4.78, 5) is 24.0. The van der Waals surface area contributed by atoms with E-state index in [1.807, 2.05) is 0 Å². The molecule has 96 valence electrons. The van der Waals surface area contributed by atoms with Crippen LogP contribution in [0.2, 0.25) is 0 Å². The highest BCUT2D eigenvalue weighted by molar-refractivity contribution is 8.13. The van der Waals surface area contributed by atoms with Crippen molar-refractivity contribution in [3.63, 3.8) is 0 Å². The van der Waals surface area contributed by atoms with Gasteiger partial charge in [-0.1, -0.05) is 23.9 Å². The van der Waals surface area contributed by atoms with Crippen LogP contribution in [0, 0.1) is 0 Å². The molecule has 6 heteroatoms. The van der Waals surface area contributed by atoms with Crippen molar-refractivity contribution in [2.45, 2.75) is 0 Å². The first-order chi connectivity index (χ1) is 8.68. The van der Waals surface area contributed by atoms with Gasteiger partial charge in [-0.3, -0.25) is 4.79 Å². The number of benzene rings is 1. The van der Waals surface area contributed by atoms with Gasteiger partial charge < -0.3 is 14.7 Å². The number of thioether (sulfide) groups is 1. The van der Waals surface area contributed by atoms with E-state index in [0.29, 0.717) is 18.9 Å². The van der Waals surface area contributed by atoms with Gasteiger partial charge in [-0.2, -0.15) is 0 Å². The molecular weight excluding hydrogens is 254 g/mol. The molecule has 0 radical (unpaired) electrons. The van der Waals surface area contributed by atoms with E-state index in [1.165, 1.54) is 17.8 Å². The zero-order valence-electron chi connectivity index (χ0n) is 9.67. The van der Waals surface area contributed by atoms with E-state index in [2.05, 4.69) is 0 Å². The molecule has 1 saturated heterocycles. The Morgan fingerprint density at radius 3 is 2.89 bits per heavy atom. The van der Waals surface area contributed by atoms with E-state index in [1.54, 1.807) is 23.1 Å². The first-order valence-corrected chi connectivity index (χ1v) is 6.54. The average Bonchev–Trinajstić information content (AvgIpc) is 2.76. The van der Waals surface area contributed by atoms with Gasteiger partial charge in [-0.25, -0.2) is 4.79 Å². The van der Waals surface area contributed by atoms with Crippen molar-refractivity contribution in [2.24, 2.45) is 0 Å². The lowest BCUT2D eigenvalue weighted by molar-refractivity contribution is 0.0691. The molecule has 0 saturated carbocycles. The predicted octanol–water partition coefficient (Wildman–Crippen LogP) is 1.93. The Morgan fingerprint density at radius 2 is 2.22 bits per heavy atom. The Bertz CT molecular complexity index is 463. The molecule has 2 rings (SSSR count). The zero-order chi connectivity index (χ0) is 13.0. The Labute approximate surface area is 109 Å². The summed E-state index contributed by atoms with van der Waals surface area (Å²) in [6.45, 7) is 1.52. The van der Waals surface area contributed by atoms with Crippen molar-refractivity contribution in [3.8, 4) is 5.75 Å². The molecule has 0 aromatic heterocycles. The summed E-state index contributed by atoms with van der Waals surface area (Å²) in [5, 5.41) is 9.03. The highest BCUT2D eigenvalue weighted by Crippen LogP contribution is 2.19. The normalized spacial score (nSPS) is 14.9. The third-order valence-electron chi connectivity index (χ3n) is 2.58. The standard InChI is InChI=1S/C12H13NO4S/c14-11(15)9-3-1-2-4-10(9)17-7-5-13-6-8-18-12(13)16/h1-4H,5-8H2,(H,14,15). The van der Waals surface area contributed by atoms with Crippen LogP contribution in [0.15, 0.2) is 24.3 Å². The first-order valence-electron chi connectivity index (χ1n) is 5.55. The molecule has 0 spiro atoms. The molecule has 18 heavy (non-hydrogen) atoms. The van der Waals surface area contributed by atoms with Crippen LogP contribution in [0.4, 0.5) is 4.79 Å². The van der Waals surface area contributed by atoms with E-state index in [0.717, 1.165) is 12.3 Å². The number of amides is 1. The maximum atomic E-state index is 11.3. The van der Waals surface area contributed by atoms with E-state index in [-0.39, 0.29) is 10.8 Å². The van der Waals surface area contributed by atoms with Crippen LogP contribution in [0.25, 0.3) is 0 Å². The minimum absolute atomic E-state index is 0.0603. The summed E-state index contributed by atoms with van der Waals surface area (Å²) in [7, 11) is 0. The summed E-state index contributed by atoms with van der Waals surface area (Å²) < 4.78 is 5.42. The van der Waals surface area contributed by atoms with Crippen molar-refractivity contribution >= 4 is 23.0 Å². The summed E-state index contributed by atoms with van der Waals surface area (Å²) in [5.74, 6) is 0.132. The van der Waals surface area contributed by atoms with Gasteiger partial charge in [0.2, 0.25) is 0 Å². The largest absolute Gasteiger partial charge is 0.491 e. The van der Waals surface area contributed by atoms with Crippen molar-refractivity contribution in [2.75, 3.05) is 25.4 Å². The number of hydrogen-bond donors (Lipinski definition) is 1. The van der Waals surface area contributed by atoms with Gasteiger partial charge >= 0.3 is 5.97 Å². The molecule has 1 aromatic rings. The van der Waals surface area contributed by atoms with Gasteiger partial charge in [0.05, 0.1) is 6.54 Å². The van der Waals surface area contributed by atoms with Gasteiger partial charge in [0.25, 0.3) is 5.24 Å². The summed E-state index contributed by atoms with van der Waals surface area (Å²) in [6.07, 6.45) is 0. The second kappa shape index (κ2) is 5.77. The molecule has 1 N–H and O–H groups in total. The van der Waals surface area contributed by atoms with Gasteiger partial charge in [0, 0.05) is 12.3 Å². The highest BCUT2D eigenvalue weighted by Gasteiger charge is 2.20. The summed E-state index contributed by atoms with van der Waals surface area (Å²) in [6, 6.07) is 6.48. The van der Waals surface area contributed by atoms with Gasteiger partial charge in [-0.05, 0) is 12.1 Å². The van der Waals surface area contributed by atoms with Crippen molar-refractivity contribution in [3.05, 3.63) is 29.8 Å².